The topological polar surface area (TPSA) is 133 Å². The number of ether oxygens (including phenoxy) is 7. The van der Waals surface area contributed by atoms with Gasteiger partial charge in [0.25, 0.3) is 0 Å². The summed E-state index contributed by atoms with van der Waals surface area (Å²) in [5.41, 5.74) is 0.529. The van der Waals surface area contributed by atoms with Gasteiger partial charge in [0.05, 0.1) is 37.1 Å². The summed E-state index contributed by atoms with van der Waals surface area (Å²) in [5, 5.41) is 0. The lowest BCUT2D eigenvalue weighted by molar-refractivity contribution is -0.137. The van der Waals surface area contributed by atoms with Gasteiger partial charge in [0.1, 0.15) is 17.6 Å². The van der Waals surface area contributed by atoms with Crippen LogP contribution in [-0.4, -0.2) is 68.8 Å². The molecule has 0 radical (unpaired) electrons. The molecule has 2 aliphatic rings. The molecule has 0 amide bonds. The third kappa shape index (κ3) is 7.88. The number of hydrogen-bond acceptors (Lipinski definition) is 11. The highest BCUT2D eigenvalue weighted by Gasteiger charge is 2.44. The van der Waals surface area contributed by atoms with E-state index in [1.54, 1.807) is 0 Å². The largest absolute Gasteiger partial charge is 0.513 e. The van der Waals surface area contributed by atoms with Crippen LogP contribution in [0.3, 0.4) is 0 Å². The number of carbonyl (C=O) groups is 4. The predicted octanol–water partition coefficient (Wildman–Crippen LogP) is 3.64. The van der Waals surface area contributed by atoms with Gasteiger partial charge in [-0.2, -0.15) is 0 Å². The number of esters is 3. The van der Waals surface area contributed by atoms with Crippen LogP contribution in [-0.2, 0) is 28.5 Å². The van der Waals surface area contributed by atoms with Gasteiger partial charge in [-0.15, -0.1) is 0 Å². The summed E-state index contributed by atoms with van der Waals surface area (Å²) in [5.74, 6) is -1.24. The second kappa shape index (κ2) is 13.5. The maximum atomic E-state index is 12.5. The van der Waals surface area contributed by atoms with Crippen LogP contribution in [0.5, 0.6) is 11.5 Å². The molecule has 0 spiro atoms. The summed E-state index contributed by atoms with van der Waals surface area (Å²) in [4.78, 5) is 47.7. The van der Waals surface area contributed by atoms with E-state index >= 15 is 0 Å². The van der Waals surface area contributed by atoms with Crippen molar-refractivity contribution in [2.24, 2.45) is 0 Å². The van der Waals surface area contributed by atoms with Crippen LogP contribution in [0.1, 0.15) is 40.0 Å². The smallest absolute Gasteiger partial charge is 0.463 e. The fourth-order valence-corrected chi connectivity index (χ4v) is 3.94. The van der Waals surface area contributed by atoms with Gasteiger partial charge in [-0.05, 0) is 67.8 Å². The summed E-state index contributed by atoms with van der Waals surface area (Å²) < 4.78 is 36.9. The molecule has 2 fully saturated rings. The molecule has 3 atom stereocenters. The first kappa shape index (κ1) is 27.8. The first-order valence-electron chi connectivity index (χ1n) is 12.4. The van der Waals surface area contributed by atoms with Crippen LogP contribution < -0.4 is 9.47 Å². The van der Waals surface area contributed by atoms with Crippen LogP contribution in [0.4, 0.5) is 4.79 Å². The Morgan fingerprint density at radius 2 is 1.44 bits per heavy atom. The molecule has 2 unspecified atom stereocenters. The van der Waals surface area contributed by atoms with Gasteiger partial charge in [-0.3, -0.25) is 0 Å². The Morgan fingerprint density at radius 1 is 0.821 bits per heavy atom. The zero-order valence-corrected chi connectivity index (χ0v) is 21.1. The second-order valence-corrected chi connectivity index (χ2v) is 8.66. The minimum absolute atomic E-state index is 0.0303. The molecule has 39 heavy (non-hydrogen) atoms. The van der Waals surface area contributed by atoms with Gasteiger partial charge in [0.15, 0.2) is 6.10 Å². The maximum Gasteiger partial charge on any atom is 0.513 e. The molecule has 206 valence electrons. The average Bonchev–Trinajstić information content (AvgIpc) is 3.56. The van der Waals surface area contributed by atoms with Crippen LogP contribution in [0.2, 0.25) is 0 Å². The Kier molecular flexibility index (Phi) is 9.65. The van der Waals surface area contributed by atoms with Crippen molar-refractivity contribution in [3.63, 3.8) is 0 Å². The van der Waals surface area contributed by atoms with Crippen LogP contribution in [0, 0.1) is 0 Å². The van der Waals surface area contributed by atoms with Crippen molar-refractivity contribution in [3.8, 4) is 11.5 Å². The van der Waals surface area contributed by atoms with Crippen molar-refractivity contribution in [2.75, 3.05) is 26.4 Å². The summed E-state index contributed by atoms with van der Waals surface area (Å²) in [6.07, 6.45) is 1.26. The third-order valence-electron chi connectivity index (χ3n) is 5.94. The van der Waals surface area contributed by atoms with E-state index in [4.69, 9.17) is 33.2 Å². The van der Waals surface area contributed by atoms with Crippen molar-refractivity contribution in [2.45, 2.75) is 37.6 Å². The first-order valence-corrected chi connectivity index (χ1v) is 12.4. The van der Waals surface area contributed by atoms with Crippen molar-refractivity contribution in [1.29, 1.82) is 0 Å². The van der Waals surface area contributed by atoms with Crippen molar-refractivity contribution in [1.82, 2.24) is 0 Å². The van der Waals surface area contributed by atoms with E-state index in [1.165, 1.54) is 48.5 Å². The summed E-state index contributed by atoms with van der Waals surface area (Å²) in [7, 11) is 0. The molecule has 11 nitrogen and oxygen atoms in total. The summed E-state index contributed by atoms with van der Waals surface area (Å²) >= 11 is 0. The highest BCUT2D eigenvalue weighted by atomic mass is 16.7. The predicted molar refractivity (Wildman–Crippen MR) is 134 cm³/mol. The quantitative estimate of drug-likeness (QED) is 0.103. The monoisotopic (exact) mass is 540 g/mol. The molecule has 0 aliphatic carbocycles. The molecule has 2 heterocycles. The molecule has 11 heteroatoms. The fourth-order valence-electron chi connectivity index (χ4n) is 3.94. The Hall–Kier alpha value is -4.22. The minimum atomic E-state index is -0.900. The highest BCUT2D eigenvalue weighted by Crippen LogP contribution is 2.29. The lowest BCUT2D eigenvalue weighted by atomic mass is 10.1. The lowest BCUT2D eigenvalue weighted by Crippen LogP contribution is -2.32. The maximum absolute atomic E-state index is 12.5. The minimum Gasteiger partial charge on any atom is -0.463 e. The molecule has 0 N–H and O–H groups in total. The lowest BCUT2D eigenvalue weighted by Gasteiger charge is -2.16. The third-order valence-corrected chi connectivity index (χ3v) is 5.94. The normalized spacial score (nSPS) is 19.4. The Balaban J connectivity index is 1.18. The molecule has 0 aromatic heterocycles. The van der Waals surface area contributed by atoms with Crippen molar-refractivity contribution < 1.29 is 52.3 Å². The molecule has 2 aromatic carbocycles. The number of carbonyl (C=O) groups excluding carboxylic acids is 4. The Morgan fingerprint density at radius 3 is 2.10 bits per heavy atom. The molecule has 2 aliphatic heterocycles. The number of fused-ring (bicyclic) bond motifs is 1. The van der Waals surface area contributed by atoms with Gasteiger partial charge in [0.2, 0.25) is 0 Å². The van der Waals surface area contributed by atoms with Crippen LogP contribution in [0.15, 0.2) is 61.2 Å². The van der Waals surface area contributed by atoms with E-state index in [0.717, 1.165) is 12.5 Å². The van der Waals surface area contributed by atoms with Gasteiger partial charge in [0, 0.05) is 12.7 Å². The van der Waals surface area contributed by atoms with Gasteiger partial charge in [-0.1, -0.05) is 6.58 Å². The first-order chi connectivity index (χ1) is 18.9. The van der Waals surface area contributed by atoms with Crippen LogP contribution in [0.25, 0.3) is 0 Å². The zero-order chi connectivity index (χ0) is 27.6. The molecule has 0 bridgehead atoms. The number of rotatable bonds is 11. The molecule has 0 saturated carbocycles. The van der Waals surface area contributed by atoms with E-state index in [2.05, 4.69) is 6.58 Å². The number of hydrogen-bond donors (Lipinski definition) is 0. The Bertz CT molecular complexity index is 1170. The van der Waals surface area contributed by atoms with E-state index in [9.17, 15) is 19.2 Å². The molecular weight excluding hydrogens is 512 g/mol. The fraction of sp³-hybridized carbons (Fsp3) is 0.357. The second-order valence-electron chi connectivity index (χ2n) is 8.66. The Labute approximate surface area is 224 Å². The molecule has 4 rings (SSSR count). The van der Waals surface area contributed by atoms with Gasteiger partial charge >= 0.3 is 24.1 Å². The highest BCUT2D eigenvalue weighted by molar-refractivity contribution is 5.92. The van der Waals surface area contributed by atoms with Gasteiger partial charge < -0.3 is 33.2 Å². The number of unbranched alkanes of at least 4 members (excludes halogenated alkanes) is 1. The van der Waals surface area contributed by atoms with Crippen LogP contribution >= 0.6 is 0 Å². The summed E-state index contributed by atoms with van der Waals surface area (Å²) in [6, 6.07) is 11.7. The zero-order valence-electron chi connectivity index (χ0n) is 21.1. The summed E-state index contributed by atoms with van der Waals surface area (Å²) in [6.45, 7) is 4.48. The van der Waals surface area contributed by atoms with Crippen molar-refractivity contribution in [3.05, 3.63) is 72.3 Å². The van der Waals surface area contributed by atoms with Gasteiger partial charge in [-0.25, -0.2) is 19.2 Å². The molecular formula is C28H28O11. The SMILES string of the molecule is C=CC(=O)OCCCCOC(=O)Oc1ccc(C(=O)Oc2ccc(C(=O)O[C@@H]3COC4CCOC43)cc2)cc1. The van der Waals surface area contributed by atoms with E-state index < -0.39 is 30.2 Å². The number of benzene rings is 2. The molecule has 2 aromatic rings. The van der Waals surface area contributed by atoms with E-state index in [0.29, 0.717) is 31.6 Å². The average molecular weight is 541 g/mol. The standard InChI is InChI=1S/C28H28O11/c1-2-24(29)33-14-3-4-15-35-28(32)38-21-11-7-18(8-12-21)26(30)37-20-9-5-19(6-10-20)27(31)39-23-17-36-22-13-16-34-25(22)23/h2,5-12,22-23,25H,1,3-4,13-17H2/t22?,23-,25?/m1/s1. The van der Waals surface area contributed by atoms with E-state index in [1.807, 2.05) is 0 Å². The van der Waals surface area contributed by atoms with E-state index in [-0.39, 0.29) is 42.5 Å². The van der Waals surface area contributed by atoms with Crippen molar-refractivity contribution >= 4 is 24.1 Å². The molecule has 2 saturated heterocycles.